The molecule has 0 spiro atoms. The minimum absolute atomic E-state index is 0.280. The highest BCUT2D eigenvalue weighted by Gasteiger charge is 2.37. The van der Waals surface area contributed by atoms with Crippen LogP contribution in [0.5, 0.6) is 0 Å². The second-order valence-corrected chi connectivity index (χ2v) is 7.32. The van der Waals surface area contributed by atoms with Crippen LogP contribution >= 0.6 is 0 Å². The summed E-state index contributed by atoms with van der Waals surface area (Å²) in [5.74, 6) is 1.30. The van der Waals surface area contributed by atoms with Crippen LogP contribution in [-0.2, 0) is 17.5 Å². The molecule has 138 valence electrons. The lowest BCUT2D eigenvalue weighted by atomic mass is 10.0. The van der Waals surface area contributed by atoms with Crippen molar-refractivity contribution in [1.82, 2.24) is 10.2 Å². The Labute approximate surface area is 145 Å². The quantitative estimate of drug-likeness (QED) is 0.900. The fraction of sp³-hybridized carbons (Fsp3) is 0.667. The van der Waals surface area contributed by atoms with Gasteiger partial charge in [-0.05, 0) is 42.6 Å². The van der Waals surface area contributed by atoms with Crippen molar-refractivity contribution in [2.75, 3.05) is 57.4 Å². The van der Waals surface area contributed by atoms with Gasteiger partial charge in [0.2, 0.25) is 0 Å². The van der Waals surface area contributed by atoms with E-state index in [4.69, 9.17) is 4.74 Å². The van der Waals surface area contributed by atoms with Crippen molar-refractivity contribution in [3.8, 4) is 0 Å². The first-order valence-corrected chi connectivity index (χ1v) is 8.96. The van der Waals surface area contributed by atoms with Crippen molar-refractivity contribution in [2.24, 2.45) is 11.8 Å². The molecule has 3 saturated heterocycles. The van der Waals surface area contributed by atoms with Crippen LogP contribution in [0.2, 0.25) is 0 Å². The average molecular weight is 355 g/mol. The first-order chi connectivity index (χ1) is 12.0. The number of alkyl halides is 3. The monoisotopic (exact) mass is 355 g/mol. The van der Waals surface area contributed by atoms with Crippen LogP contribution in [0.3, 0.4) is 0 Å². The summed E-state index contributed by atoms with van der Waals surface area (Å²) in [4.78, 5) is 4.07. The molecule has 0 radical (unpaired) electrons. The predicted molar refractivity (Wildman–Crippen MR) is 89.6 cm³/mol. The first kappa shape index (κ1) is 17.1. The van der Waals surface area contributed by atoms with Gasteiger partial charge in [0.05, 0.1) is 18.8 Å². The number of nitrogens with zero attached hydrogens (tertiary/aromatic N) is 2. The minimum Gasteiger partial charge on any atom is -0.378 e. The Bertz CT molecular complexity index is 604. The Morgan fingerprint density at radius 3 is 2.40 bits per heavy atom. The molecule has 7 heteroatoms. The summed E-state index contributed by atoms with van der Waals surface area (Å²) >= 11 is 0. The summed E-state index contributed by atoms with van der Waals surface area (Å²) in [5, 5.41) is 3.39. The Kier molecular flexibility index (Phi) is 4.64. The van der Waals surface area contributed by atoms with E-state index in [2.05, 4.69) is 10.2 Å². The molecule has 4 rings (SSSR count). The van der Waals surface area contributed by atoms with E-state index in [1.165, 1.54) is 6.07 Å². The summed E-state index contributed by atoms with van der Waals surface area (Å²) in [6.07, 6.45) is -4.34. The lowest BCUT2D eigenvalue weighted by Crippen LogP contribution is -2.37. The van der Waals surface area contributed by atoms with Gasteiger partial charge in [-0.1, -0.05) is 6.07 Å². The molecule has 0 aliphatic carbocycles. The maximum atomic E-state index is 13.6. The summed E-state index contributed by atoms with van der Waals surface area (Å²) in [7, 11) is 0. The van der Waals surface area contributed by atoms with Crippen LogP contribution in [0.25, 0.3) is 0 Å². The van der Waals surface area contributed by atoms with Gasteiger partial charge in [0.1, 0.15) is 0 Å². The van der Waals surface area contributed by atoms with Gasteiger partial charge in [0, 0.05) is 38.4 Å². The molecule has 0 bridgehead atoms. The molecule has 2 atom stereocenters. The van der Waals surface area contributed by atoms with E-state index >= 15 is 0 Å². The van der Waals surface area contributed by atoms with E-state index in [9.17, 15) is 13.2 Å². The molecule has 1 aromatic rings. The molecule has 4 nitrogen and oxygen atoms in total. The standard InChI is InChI=1S/C18H24F3N3O/c19-18(20,21)16-7-13(1-2-17(16)24-3-5-25-6-4-24)10-23-11-14-8-22-9-15(14)12-23/h1-2,7,14-15,22H,3-6,8-12H2. The van der Waals surface area contributed by atoms with Crippen molar-refractivity contribution in [2.45, 2.75) is 12.7 Å². The maximum absolute atomic E-state index is 13.6. The number of hydrogen-bond donors (Lipinski definition) is 1. The second-order valence-electron chi connectivity index (χ2n) is 7.32. The smallest absolute Gasteiger partial charge is 0.378 e. The van der Waals surface area contributed by atoms with Crippen LogP contribution < -0.4 is 10.2 Å². The minimum atomic E-state index is -4.34. The molecular formula is C18H24F3N3O. The fourth-order valence-corrected chi connectivity index (χ4v) is 4.33. The molecule has 0 saturated carbocycles. The van der Waals surface area contributed by atoms with E-state index in [0.29, 0.717) is 44.7 Å². The van der Waals surface area contributed by atoms with Gasteiger partial charge in [0.15, 0.2) is 0 Å². The number of halogens is 3. The van der Waals surface area contributed by atoms with Crippen LogP contribution in [-0.4, -0.2) is 57.4 Å². The SMILES string of the molecule is FC(F)(F)c1cc(CN2CC3CNCC3C2)ccc1N1CCOCC1. The molecule has 3 aliphatic heterocycles. The van der Waals surface area contributed by atoms with E-state index in [1.807, 2.05) is 6.07 Å². The largest absolute Gasteiger partial charge is 0.418 e. The van der Waals surface area contributed by atoms with Gasteiger partial charge in [-0.25, -0.2) is 0 Å². The van der Waals surface area contributed by atoms with Crippen LogP contribution in [0.1, 0.15) is 11.1 Å². The zero-order valence-corrected chi connectivity index (χ0v) is 14.2. The van der Waals surface area contributed by atoms with Gasteiger partial charge >= 0.3 is 6.18 Å². The number of rotatable bonds is 3. The van der Waals surface area contributed by atoms with Gasteiger partial charge in [0.25, 0.3) is 0 Å². The summed E-state index contributed by atoms with van der Waals surface area (Å²) in [6, 6.07) is 4.84. The number of likely N-dealkylation sites (tertiary alicyclic amines) is 1. The van der Waals surface area contributed by atoms with Crippen molar-refractivity contribution >= 4 is 5.69 Å². The van der Waals surface area contributed by atoms with Gasteiger partial charge in [-0.2, -0.15) is 13.2 Å². The molecule has 3 heterocycles. The Balaban J connectivity index is 1.53. The first-order valence-electron chi connectivity index (χ1n) is 8.96. The average Bonchev–Trinajstić information content (AvgIpc) is 3.16. The number of benzene rings is 1. The lowest BCUT2D eigenvalue weighted by Gasteiger charge is -2.31. The third-order valence-electron chi connectivity index (χ3n) is 5.59. The van der Waals surface area contributed by atoms with E-state index in [0.717, 1.165) is 31.7 Å². The van der Waals surface area contributed by atoms with E-state index in [-0.39, 0.29) is 5.69 Å². The van der Waals surface area contributed by atoms with Crippen LogP contribution in [0, 0.1) is 11.8 Å². The zero-order chi connectivity index (χ0) is 17.4. The predicted octanol–water partition coefficient (Wildman–Crippen LogP) is 2.19. The van der Waals surface area contributed by atoms with E-state index < -0.39 is 11.7 Å². The van der Waals surface area contributed by atoms with Crippen molar-refractivity contribution in [3.05, 3.63) is 29.3 Å². The number of morpholine rings is 1. The molecular weight excluding hydrogens is 331 g/mol. The Morgan fingerprint density at radius 1 is 1.08 bits per heavy atom. The van der Waals surface area contributed by atoms with Gasteiger partial charge in [-0.15, -0.1) is 0 Å². The maximum Gasteiger partial charge on any atom is 0.418 e. The lowest BCUT2D eigenvalue weighted by molar-refractivity contribution is -0.137. The number of ether oxygens (including phenoxy) is 1. The number of hydrogen-bond acceptors (Lipinski definition) is 4. The topological polar surface area (TPSA) is 27.7 Å². The van der Waals surface area contributed by atoms with Gasteiger partial charge < -0.3 is 15.0 Å². The normalized spacial score (nSPS) is 27.7. The molecule has 3 fully saturated rings. The van der Waals surface area contributed by atoms with Crippen molar-refractivity contribution in [3.63, 3.8) is 0 Å². The third kappa shape index (κ3) is 3.64. The molecule has 3 aliphatic rings. The molecule has 2 unspecified atom stereocenters. The molecule has 0 amide bonds. The van der Waals surface area contributed by atoms with Crippen LogP contribution in [0.15, 0.2) is 18.2 Å². The summed E-state index contributed by atoms with van der Waals surface area (Å²) in [5.41, 5.74) is 0.507. The number of fused-ring (bicyclic) bond motifs is 1. The Hall–Kier alpha value is -1.31. The second kappa shape index (κ2) is 6.78. The summed E-state index contributed by atoms with van der Waals surface area (Å²) < 4.78 is 46.1. The molecule has 1 N–H and O–H groups in total. The van der Waals surface area contributed by atoms with Crippen molar-refractivity contribution < 1.29 is 17.9 Å². The number of nitrogens with one attached hydrogen (secondary N) is 1. The molecule has 0 aromatic heterocycles. The van der Waals surface area contributed by atoms with E-state index in [1.54, 1.807) is 11.0 Å². The molecule has 25 heavy (non-hydrogen) atoms. The fourth-order valence-electron chi connectivity index (χ4n) is 4.33. The Morgan fingerprint density at radius 2 is 1.76 bits per heavy atom. The summed E-state index contributed by atoms with van der Waals surface area (Å²) in [6.45, 7) is 6.58. The molecule has 1 aromatic carbocycles. The highest BCUT2D eigenvalue weighted by Crippen LogP contribution is 2.38. The van der Waals surface area contributed by atoms with Gasteiger partial charge in [-0.3, -0.25) is 4.90 Å². The van der Waals surface area contributed by atoms with Crippen LogP contribution in [0.4, 0.5) is 18.9 Å². The highest BCUT2D eigenvalue weighted by molar-refractivity contribution is 5.56. The number of anilines is 1. The third-order valence-corrected chi connectivity index (χ3v) is 5.59. The highest BCUT2D eigenvalue weighted by atomic mass is 19.4. The van der Waals surface area contributed by atoms with Crippen molar-refractivity contribution in [1.29, 1.82) is 0 Å². The zero-order valence-electron chi connectivity index (χ0n) is 14.2.